The first kappa shape index (κ1) is 16.2. The Kier molecular flexibility index (Phi) is 5.09. The minimum absolute atomic E-state index is 0.0822. The molecule has 0 spiro atoms. The first-order chi connectivity index (χ1) is 11.1. The fraction of sp³-hybridized carbons (Fsp3) is 0.500. The van der Waals surface area contributed by atoms with Crippen LogP contribution < -0.4 is 5.32 Å². The van der Waals surface area contributed by atoms with Crippen molar-refractivity contribution in [1.29, 1.82) is 0 Å². The molecular weight excluding hydrogens is 310 g/mol. The number of amides is 1. The summed E-state index contributed by atoms with van der Waals surface area (Å²) in [6.45, 7) is 5.79. The second kappa shape index (κ2) is 7.25. The van der Waals surface area contributed by atoms with E-state index in [1.165, 1.54) is 9.75 Å². The quantitative estimate of drug-likeness (QED) is 0.868. The Morgan fingerprint density at radius 1 is 1.48 bits per heavy atom. The van der Waals surface area contributed by atoms with Gasteiger partial charge in [-0.2, -0.15) is 0 Å². The van der Waals surface area contributed by atoms with Crippen LogP contribution in [-0.4, -0.2) is 58.9 Å². The van der Waals surface area contributed by atoms with Crippen LogP contribution >= 0.6 is 11.3 Å². The highest BCUT2D eigenvalue weighted by Gasteiger charge is 2.28. The van der Waals surface area contributed by atoms with Gasteiger partial charge in [0.1, 0.15) is 5.82 Å². The Hall–Kier alpha value is -1.70. The number of piperazine rings is 1. The van der Waals surface area contributed by atoms with Crippen molar-refractivity contribution in [2.45, 2.75) is 19.5 Å². The summed E-state index contributed by atoms with van der Waals surface area (Å²) in [6, 6.07) is 4.37. The van der Waals surface area contributed by atoms with Gasteiger partial charge < -0.3 is 10.3 Å². The van der Waals surface area contributed by atoms with Gasteiger partial charge in [0.05, 0.1) is 19.1 Å². The fourth-order valence-electron chi connectivity index (χ4n) is 2.85. The molecule has 0 aromatic carbocycles. The number of H-pyrrole nitrogens is 1. The molecule has 2 aromatic rings. The van der Waals surface area contributed by atoms with Crippen molar-refractivity contribution in [2.24, 2.45) is 0 Å². The zero-order valence-corrected chi connectivity index (χ0v) is 14.4. The molecule has 23 heavy (non-hydrogen) atoms. The number of aromatic nitrogens is 2. The molecule has 3 rings (SSSR count). The van der Waals surface area contributed by atoms with Crippen molar-refractivity contribution in [2.75, 3.05) is 33.2 Å². The zero-order chi connectivity index (χ0) is 16.2. The molecule has 1 aliphatic rings. The lowest BCUT2D eigenvalue weighted by molar-refractivity contribution is -0.123. The maximum atomic E-state index is 12.2. The third kappa shape index (κ3) is 4.19. The number of nitrogens with one attached hydrogen (secondary N) is 2. The Labute approximate surface area is 140 Å². The van der Waals surface area contributed by atoms with Crippen molar-refractivity contribution in [1.82, 2.24) is 25.1 Å². The lowest BCUT2D eigenvalue weighted by Gasteiger charge is -2.38. The Balaban J connectivity index is 1.50. The molecule has 0 radical (unpaired) electrons. The summed E-state index contributed by atoms with van der Waals surface area (Å²) in [7, 11) is 2.10. The summed E-state index contributed by atoms with van der Waals surface area (Å²) >= 11 is 1.73. The molecule has 1 atom stereocenters. The van der Waals surface area contributed by atoms with Crippen molar-refractivity contribution in [3.05, 3.63) is 40.1 Å². The van der Waals surface area contributed by atoms with E-state index in [1.54, 1.807) is 17.5 Å². The summed E-state index contributed by atoms with van der Waals surface area (Å²) in [5.74, 6) is 1.05. The van der Waals surface area contributed by atoms with E-state index >= 15 is 0 Å². The highest BCUT2D eigenvalue weighted by molar-refractivity contribution is 7.11. The lowest BCUT2D eigenvalue weighted by Crippen LogP contribution is -2.49. The van der Waals surface area contributed by atoms with Gasteiger partial charge in [0.2, 0.25) is 5.91 Å². The van der Waals surface area contributed by atoms with Crippen LogP contribution in [0.3, 0.4) is 0 Å². The molecule has 2 aromatic heterocycles. The molecule has 7 heteroatoms. The van der Waals surface area contributed by atoms with Crippen LogP contribution in [0.1, 0.15) is 21.6 Å². The molecule has 1 aliphatic heterocycles. The minimum Gasteiger partial charge on any atom is -0.350 e. The number of aryl methyl sites for hydroxylation is 1. The molecule has 2 N–H and O–H groups in total. The average Bonchev–Trinajstić information content (AvgIpc) is 3.19. The first-order valence-corrected chi connectivity index (χ1v) is 8.67. The van der Waals surface area contributed by atoms with Gasteiger partial charge in [-0.25, -0.2) is 4.98 Å². The van der Waals surface area contributed by atoms with E-state index in [1.807, 2.05) is 6.20 Å². The zero-order valence-electron chi connectivity index (χ0n) is 13.6. The number of likely N-dealkylation sites (N-methyl/N-ethyl adjacent to an activating group) is 1. The van der Waals surface area contributed by atoms with Gasteiger partial charge in [-0.05, 0) is 26.1 Å². The number of hydrogen-bond acceptors (Lipinski definition) is 5. The summed E-state index contributed by atoms with van der Waals surface area (Å²) in [5.41, 5.74) is 0. The van der Waals surface area contributed by atoms with E-state index in [-0.39, 0.29) is 11.9 Å². The summed E-state index contributed by atoms with van der Waals surface area (Å²) < 4.78 is 0. The predicted octanol–water partition coefficient (Wildman–Crippen LogP) is 1.38. The summed E-state index contributed by atoms with van der Waals surface area (Å²) in [4.78, 5) is 26.7. The number of imidazole rings is 1. The Bertz CT molecular complexity index is 639. The highest BCUT2D eigenvalue weighted by atomic mass is 32.1. The minimum atomic E-state index is 0.0822. The third-order valence-electron chi connectivity index (χ3n) is 4.19. The van der Waals surface area contributed by atoms with Gasteiger partial charge in [0.25, 0.3) is 0 Å². The topological polar surface area (TPSA) is 64.3 Å². The van der Waals surface area contributed by atoms with Gasteiger partial charge in [0, 0.05) is 41.8 Å². The SMILES string of the molecule is Cc1ccc(CNC(=O)CN2CCN(C)C(c3ncc[nH]3)C2)s1. The Morgan fingerprint density at radius 2 is 2.35 bits per heavy atom. The molecule has 1 saturated heterocycles. The number of thiophene rings is 1. The number of nitrogens with zero attached hydrogens (tertiary/aromatic N) is 3. The summed E-state index contributed by atoms with van der Waals surface area (Å²) in [5, 5.41) is 3.01. The molecule has 124 valence electrons. The molecule has 1 amide bonds. The van der Waals surface area contributed by atoms with Crippen LogP contribution in [-0.2, 0) is 11.3 Å². The van der Waals surface area contributed by atoms with Crippen molar-refractivity contribution in [3.8, 4) is 0 Å². The normalized spacial score (nSPS) is 19.8. The van der Waals surface area contributed by atoms with Crippen LogP contribution in [0.2, 0.25) is 0 Å². The smallest absolute Gasteiger partial charge is 0.234 e. The Morgan fingerprint density at radius 3 is 3.04 bits per heavy atom. The van der Waals surface area contributed by atoms with E-state index in [4.69, 9.17) is 0 Å². The van der Waals surface area contributed by atoms with Crippen molar-refractivity contribution in [3.63, 3.8) is 0 Å². The summed E-state index contributed by atoms with van der Waals surface area (Å²) in [6.07, 6.45) is 3.62. The molecule has 0 bridgehead atoms. The molecule has 1 unspecified atom stereocenters. The maximum Gasteiger partial charge on any atom is 0.234 e. The number of rotatable bonds is 5. The van der Waals surface area contributed by atoms with Gasteiger partial charge in [-0.3, -0.25) is 14.6 Å². The van der Waals surface area contributed by atoms with E-state index in [0.29, 0.717) is 13.1 Å². The predicted molar refractivity (Wildman–Crippen MR) is 91.3 cm³/mol. The van der Waals surface area contributed by atoms with E-state index in [9.17, 15) is 4.79 Å². The third-order valence-corrected chi connectivity index (χ3v) is 5.19. The first-order valence-electron chi connectivity index (χ1n) is 7.85. The van der Waals surface area contributed by atoms with Crippen LogP contribution in [0.15, 0.2) is 24.5 Å². The maximum absolute atomic E-state index is 12.2. The van der Waals surface area contributed by atoms with E-state index in [0.717, 1.165) is 25.5 Å². The average molecular weight is 333 g/mol. The van der Waals surface area contributed by atoms with E-state index < -0.39 is 0 Å². The fourth-order valence-corrected chi connectivity index (χ4v) is 3.68. The molecule has 1 fully saturated rings. The molecule has 3 heterocycles. The molecular formula is C16H23N5OS. The second-order valence-electron chi connectivity index (χ2n) is 6.00. The highest BCUT2D eigenvalue weighted by Crippen LogP contribution is 2.20. The number of aromatic amines is 1. The molecule has 0 saturated carbocycles. The van der Waals surface area contributed by atoms with Gasteiger partial charge in [0.15, 0.2) is 0 Å². The number of carbonyl (C=O) groups excluding carboxylic acids is 1. The van der Waals surface area contributed by atoms with Crippen LogP contribution in [0.4, 0.5) is 0 Å². The molecule has 0 aliphatic carbocycles. The lowest BCUT2D eigenvalue weighted by atomic mass is 10.1. The van der Waals surface area contributed by atoms with Crippen LogP contribution in [0, 0.1) is 6.92 Å². The monoisotopic (exact) mass is 333 g/mol. The second-order valence-corrected chi connectivity index (χ2v) is 7.37. The number of carbonyl (C=O) groups is 1. The number of hydrogen-bond donors (Lipinski definition) is 2. The largest absolute Gasteiger partial charge is 0.350 e. The van der Waals surface area contributed by atoms with E-state index in [2.05, 4.69) is 51.2 Å². The van der Waals surface area contributed by atoms with Crippen LogP contribution in [0.25, 0.3) is 0 Å². The van der Waals surface area contributed by atoms with Crippen molar-refractivity contribution < 1.29 is 4.79 Å². The standard InChI is InChI=1S/C16H23N5OS/c1-12-3-4-13(23-12)9-19-15(22)11-21-8-7-20(2)14(10-21)16-17-5-6-18-16/h3-6,14H,7-11H2,1-2H3,(H,17,18)(H,19,22). The van der Waals surface area contributed by atoms with Crippen molar-refractivity contribution >= 4 is 17.2 Å². The van der Waals surface area contributed by atoms with Gasteiger partial charge >= 0.3 is 0 Å². The van der Waals surface area contributed by atoms with Crippen LogP contribution in [0.5, 0.6) is 0 Å². The van der Waals surface area contributed by atoms with Gasteiger partial charge in [-0.1, -0.05) is 0 Å². The molecule has 6 nitrogen and oxygen atoms in total. The van der Waals surface area contributed by atoms with Gasteiger partial charge in [-0.15, -0.1) is 11.3 Å².